The Labute approximate surface area is 158 Å². The van der Waals surface area contributed by atoms with Crippen LogP contribution in [0.2, 0.25) is 0 Å². The minimum absolute atomic E-state index is 0.0512. The van der Waals surface area contributed by atoms with Gasteiger partial charge in [0, 0.05) is 10.8 Å². The van der Waals surface area contributed by atoms with Gasteiger partial charge in [0.1, 0.15) is 5.92 Å². The number of nitrogens with one attached hydrogen (secondary N) is 1. The van der Waals surface area contributed by atoms with Crippen molar-refractivity contribution in [2.24, 2.45) is 28.6 Å². The summed E-state index contributed by atoms with van der Waals surface area (Å²) >= 11 is 1.53. The van der Waals surface area contributed by atoms with E-state index in [0.717, 1.165) is 23.3 Å². The summed E-state index contributed by atoms with van der Waals surface area (Å²) in [5.41, 5.74) is -0.581. The van der Waals surface area contributed by atoms with Crippen LogP contribution in [0, 0.1) is 68.0 Å². The second kappa shape index (κ2) is 6.39. The maximum absolute atomic E-state index is 9.97. The zero-order chi connectivity index (χ0) is 19.1. The van der Waals surface area contributed by atoms with Crippen LogP contribution >= 0.6 is 11.3 Å². The Hall–Kier alpha value is -2.42. The predicted molar refractivity (Wildman–Crippen MR) is 101 cm³/mol. The topological polar surface area (TPSA) is 95.2 Å². The molecule has 1 saturated carbocycles. The molecule has 0 amide bonds. The Morgan fingerprint density at radius 2 is 1.92 bits per heavy atom. The number of nitriles is 3. The summed E-state index contributed by atoms with van der Waals surface area (Å²) < 4.78 is 0. The quantitative estimate of drug-likeness (QED) is 0.709. The lowest BCUT2D eigenvalue weighted by atomic mass is 9.52. The molecule has 5 heteroatoms. The molecule has 1 fully saturated rings. The number of hydrogen-bond acceptors (Lipinski definition) is 5. The van der Waals surface area contributed by atoms with Gasteiger partial charge in [0.05, 0.1) is 23.9 Å². The van der Waals surface area contributed by atoms with Crippen molar-refractivity contribution in [1.82, 2.24) is 0 Å². The first-order valence-corrected chi connectivity index (χ1v) is 9.72. The SMILES string of the molecule is CC(C)(C)[C@H]1CC=C2C(C#N)C(=N)C(C#N)(C#N)[C@@H](c3cccs3)[C@H]2C1. The first kappa shape index (κ1) is 18.4. The molecule has 0 bridgehead atoms. The van der Waals surface area contributed by atoms with Crippen LogP contribution in [0.3, 0.4) is 0 Å². The fourth-order valence-electron chi connectivity index (χ4n) is 4.50. The zero-order valence-electron chi connectivity index (χ0n) is 15.3. The van der Waals surface area contributed by atoms with Crippen LogP contribution in [0.5, 0.6) is 0 Å². The number of hydrogen-bond donors (Lipinski definition) is 1. The van der Waals surface area contributed by atoms with E-state index in [1.165, 1.54) is 11.3 Å². The van der Waals surface area contributed by atoms with Crippen molar-refractivity contribution in [2.75, 3.05) is 0 Å². The first-order valence-electron chi connectivity index (χ1n) is 8.84. The summed E-state index contributed by atoms with van der Waals surface area (Å²) in [6.45, 7) is 6.64. The van der Waals surface area contributed by atoms with Gasteiger partial charge < -0.3 is 5.41 Å². The molecule has 0 aromatic carbocycles. The third-order valence-corrected chi connectivity index (χ3v) is 7.03. The van der Waals surface area contributed by atoms with E-state index in [2.05, 4.69) is 45.1 Å². The normalized spacial score (nSPS) is 30.3. The molecule has 4 nitrogen and oxygen atoms in total. The van der Waals surface area contributed by atoms with Gasteiger partial charge in [-0.25, -0.2) is 0 Å². The summed E-state index contributed by atoms with van der Waals surface area (Å²) in [5.74, 6) is -0.785. The summed E-state index contributed by atoms with van der Waals surface area (Å²) in [5, 5.41) is 40.2. The maximum atomic E-state index is 9.97. The lowest BCUT2D eigenvalue weighted by molar-refractivity contribution is 0.169. The Kier molecular flexibility index (Phi) is 4.51. The van der Waals surface area contributed by atoms with Gasteiger partial charge in [-0.3, -0.25) is 0 Å². The molecule has 0 radical (unpaired) electrons. The summed E-state index contributed by atoms with van der Waals surface area (Å²) in [7, 11) is 0. The van der Waals surface area contributed by atoms with Crippen LogP contribution in [0.25, 0.3) is 0 Å². The Morgan fingerprint density at radius 1 is 1.23 bits per heavy atom. The predicted octanol–water partition coefficient (Wildman–Crippen LogP) is 5.04. The molecule has 26 heavy (non-hydrogen) atoms. The van der Waals surface area contributed by atoms with Crippen LogP contribution in [-0.4, -0.2) is 5.71 Å². The molecule has 4 atom stereocenters. The average Bonchev–Trinajstić information content (AvgIpc) is 3.13. The smallest absolute Gasteiger partial charge is 0.190 e. The van der Waals surface area contributed by atoms with Gasteiger partial charge in [-0.05, 0) is 47.1 Å². The molecule has 1 N–H and O–H groups in total. The van der Waals surface area contributed by atoms with Crippen LogP contribution < -0.4 is 0 Å². The minimum atomic E-state index is -1.58. The van der Waals surface area contributed by atoms with Crippen molar-refractivity contribution in [3.63, 3.8) is 0 Å². The largest absolute Gasteiger partial charge is 0.305 e. The van der Waals surface area contributed by atoms with E-state index in [0.29, 0.717) is 5.92 Å². The molecule has 1 aromatic rings. The van der Waals surface area contributed by atoms with Crippen LogP contribution in [0.15, 0.2) is 29.2 Å². The molecule has 1 heterocycles. The van der Waals surface area contributed by atoms with E-state index in [4.69, 9.17) is 5.41 Å². The van der Waals surface area contributed by atoms with Crippen LogP contribution in [-0.2, 0) is 0 Å². The van der Waals surface area contributed by atoms with E-state index >= 15 is 0 Å². The van der Waals surface area contributed by atoms with E-state index in [1.807, 2.05) is 17.5 Å². The lowest BCUT2D eigenvalue weighted by Gasteiger charge is -2.48. The van der Waals surface area contributed by atoms with E-state index in [-0.39, 0.29) is 23.0 Å². The fraction of sp³-hybridized carbons (Fsp3) is 0.524. The second-order valence-electron chi connectivity index (χ2n) is 8.35. The van der Waals surface area contributed by atoms with Gasteiger partial charge in [-0.15, -0.1) is 11.3 Å². The Morgan fingerprint density at radius 3 is 2.42 bits per heavy atom. The lowest BCUT2D eigenvalue weighted by Crippen LogP contribution is -2.49. The Bertz CT molecular complexity index is 853. The van der Waals surface area contributed by atoms with Gasteiger partial charge in [0.25, 0.3) is 0 Å². The highest BCUT2D eigenvalue weighted by molar-refractivity contribution is 7.10. The highest BCUT2D eigenvalue weighted by Gasteiger charge is 2.58. The summed E-state index contributed by atoms with van der Waals surface area (Å²) in [6.07, 6.45) is 3.84. The van der Waals surface area contributed by atoms with Gasteiger partial charge in [0.15, 0.2) is 5.41 Å². The van der Waals surface area contributed by atoms with Crippen molar-refractivity contribution >= 4 is 17.0 Å². The molecule has 0 spiro atoms. The number of fused-ring (bicyclic) bond motifs is 1. The van der Waals surface area contributed by atoms with Crippen molar-refractivity contribution in [3.8, 4) is 18.2 Å². The molecule has 0 aliphatic heterocycles. The molecule has 132 valence electrons. The molecule has 2 aliphatic rings. The van der Waals surface area contributed by atoms with Crippen LogP contribution in [0.1, 0.15) is 44.4 Å². The summed E-state index contributed by atoms with van der Waals surface area (Å²) in [6, 6.07) is 10.4. The van der Waals surface area contributed by atoms with Crippen molar-refractivity contribution in [1.29, 1.82) is 21.2 Å². The highest BCUT2D eigenvalue weighted by Crippen LogP contribution is 2.58. The molecule has 1 aromatic heterocycles. The third-order valence-electron chi connectivity index (χ3n) is 6.08. The number of rotatable bonds is 1. The Balaban J connectivity index is 2.22. The van der Waals surface area contributed by atoms with Crippen LogP contribution in [0.4, 0.5) is 0 Å². The molecular formula is C21H22N4S. The van der Waals surface area contributed by atoms with Gasteiger partial charge in [0.2, 0.25) is 0 Å². The molecular weight excluding hydrogens is 340 g/mol. The van der Waals surface area contributed by atoms with E-state index < -0.39 is 11.3 Å². The minimum Gasteiger partial charge on any atom is -0.305 e. The maximum Gasteiger partial charge on any atom is 0.190 e. The molecule has 2 aliphatic carbocycles. The highest BCUT2D eigenvalue weighted by atomic mass is 32.1. The second-order valence-corrected chi connectivity index (χ2v) is 9.32. The monoisotopic (exact) mass is 362 g/mol. The van der Waals surface area contributed by atoms with Crippen molar-refractivity contribution in [2.45, 2.75) is 39.5 Å². The van der Waals surface area contributed by atoms with Gasteiger partial charge >= 0.3 is 0 Å². The summed E-state index contributed by atoms with van der Waals surface area (Å²) in [4.78, 5) is 0.958. The molecule has 1 unspecified atom stereocenters. The molecule has 0 saturated heterocycles. The average molecular weight is 363 g/mol. The first-order chi connectivity index (χ1) is 12.3. The standard InChI is InChI=1S/C21H22N4S/c1-20(2,3)13-6-7-14-15(9-13)18(17-5-4-8-26-17)21(11-23,12-24)19(25)16(14)10-22/h4-5,7-8,13,15-16,18,25H,6,9H2,1-3H3/t13-,15-,16?,18+/m0/s1. The third kappa shape index (κ3) is 2.57. The molecule has 3 rings (SSSR count). The van der Waals surface area contributed by atoms with E-state index in [1.54, 1.807) is 0 Å². The van der Waals surface area contributed by atoms with Gasteiger partial charge in [-0.1, -0.05) is 32.9 Å². The van der Waals surface area contributed by atoms with Crippen molar-refractivity contribution < 1.29 is 0 Å². The fourth-order valence-corrected chi connectivity index (χ4v) is 5.46. The number of nitrogens with zero attached hydrogens (tertiary/aromatic N) is 3. The number of thiophene rings is 1. The number of allylic oxidation sites excluding steroid dienone is 2. The zero-order valence-corrected chi connectivity index (χ0v) is 16.1. The van der Waals surface area contributed by atoms with Gasteiger partial charge in [-0.2, -0.15) is 15.8 Å². The van der Waals surface area contributed by atoms with E-state index in [9.17, 15) is 15.8 Å². The van der Waals surface area contributed by atoms with Crippen molar-refractivity contribution in [3.05, 3.63) is 34.0 Å².